The fourth-order valence-corrected chi connectivity index (χ4v) is 3.63. The molecule has 1 aliphatic carbocycles. The fraction of sp³-hybridized carbons (Fsp3) is 0.125. The van der Waals surface area contributed by atoms with Crippen LogP contribution in [0, 0.1) is 0 Å². The molecule has 0 saturated carbocycles. The summed E-state index contributed by atoms with van der Waals surface area (Å²) in [6, 6.07) is 13.8. The number of nitrogens with zero attached hydrogens (tertiary/aromatic N) is 2. The molecule has 104 valence electrons. The van der Waals surface area contributed by atoms with Crippen LogP contribution in [0.1, 0.15) is 17.0 Å². The lowest BCUT2D eigenvalue weighted by Crippen LogP contribution is -2.01. The molecule has 4 rings (SSSR count). The molecule has 0 bridgehead atoms. The summed E-state index contributed by atoms with van der Waals surface area (Å²) < 4.78 is 12.4. The highest BCUT2D eigenvalue weighted by Gasteiger charge is 2.24. The van der Waals surface area contributed by atoms with Crippen molar-refractivity contribution in [2.24, 2.45) is 0 Å². The Labute approximate surface area is 124 Å². The highest BCUT2D eigenvalue weighted by Crippen LogP contribution is 2.35. The van der Waals surface area contributed by atoms with Crippen molar-refractivity contribution in [2.45, 2.75) is 17.3 Å². The van der Waals surface area contributed by atoms with Gasteiger partial charge in [-0.05, 0) is 17.7 Å². The average molecular weight is 295 g/mol. The van der Waals surface area contributed by atoms with Crippen molar-refractivity contribution in [1.82, 2.24) is 15.0 Å². The first kappa shape index (κ1) is 12.5. The third kappa shape index (κ3) is 2.19. The maximum atomic E-state index is 12.4. The van der Waals surface area contributed by atoms with E-state index in [1.807, 2.05) is 30.3 Å². The van der Waals surface area contributed by atoms with E-state index in [-0.39, 0.29) is 0 Å². The molecular weight excluding hydrogens is 282 g/mol. The number of pyridine rings is 1. The number of aromatic amines is 1. The van der Waals surface area contributed by atoms with Crippen molar-refractivity contribution in [3.05, 3.63) is 65.6 Å². The quantitative estimate of drug-likeness (QED) is 0.632. The minimum absolute atomic E-state index is 0.384. The van der Waals surface area contributed by atoms with Gasteiger partial charge in [-0.3, -0.25) is 9.19 Å². The largest absolute Gasteiger partial charge is 0.334 e. The zero-order valence-corrected chi connectivity index (χ0v) is 12.1. The molecule has 1 aliphatic rings. The predicted octanol–water partition coefficient (Wildman–Crippen LogP) is 2.68. The first-order valence-electron chi connectivity index (χ1n) is 6.77. The molecule has 1 N–H and O–H groups in total. The van der Waals surface area contributed by atoms with Crippen LogP contribution < -0.4 is 0 Å². The Kier molecular flexibility index (Phi) is 2.93. The van der Waals surface area contributed by atoms with Crippen molar-refractivity contribution in [1.29, 1.82) is 0 Å². The van der Waals surface area contributed by atoms with Crippen molar-refractivity contribution in [3.63, 3.8) is 0 Å². The van der Waals surface area contributed by atoms with E-state index in [4.69, 9.17) is 0 Å². The van der Waals surface area contributed by atoms with Crippen molar-refractivity contribution < 1.29 is 4.21 Å². The van der Waals surface area contributed by atoms with Gasteiger partial charge in [0.2, 0.25) is 0 Å². The van der Waals surface area contributed by atoms with E-state index in [0.717, 1.165) is 29.1 Å². The molecule has 0 spiro atoms. The molecule has 1 unspecified atom stereocenters. The Morgan fingerprint density at radius 2 is 2.00 bits per heavy atom. The highest BCUT2D eigenvalue weighted by molar-refractivity contribution is 7.84. The Hall–Kier alpha value is -2.27. The van der Waals surface area contributed by atoms with Crippen LogP contribution in [0.3, 0.4) is 0 Å². The summed E-state index contributed by atoms with van der Waals surface area (Å²) in [5, 5.41) is 0.542. The predicted molar refractivity (Wildman–Crippen MR) is 81.2 cm³/mol. The zero-order chi connectivity index (χ0) is 14.2. The molecular formula is C16H13N3OS. The number of hydrogen-bond donors (Lipinski definition) is 1. The summed E-state index contributed by atoms with van der Waals surface area (Å²) in [6.07, 6.45) is 2.55. The molecule has 4 nitrogen and oxygen atoms in total. The third-order valence-corrected chi connectivity index (χ3v) is 4.80. The van der Waals surface area contributed by atoms with Gasteiger partial charge in [0.1, 0.15) is 0 Å². The normalized spacial score (nSPS) is 13.7. The maximum Gasteiger partial charge on any atom is 0.197 e. The van der Waals surface area contributed by atoms with Crippen LogP contribution in [-0.2, 0) is 23.0 Å². The van der Waals surface area contributed by atoms with Crippen molar-refractivity contribution in [3.8, 4) is 11.3 Å². The summed E-state index contributed by atoms with van der Waals surface area (Å²) in [4.78, 5) is 12.0. The Balaban J connectivity index is 1.63. The Bertz CT molecular complexity index is 827. The van der Waals surface area contributed by atoms with Crippen LogP contribution in [0.15, 0.2) is 53.8 Å². The van der Waals surface area contributed by atoms with Gasteiger partial charge in [0, 0.05) is 23.9 Å². The van der Waals surface area contributed by atoms with Gasteiger partial charge in [0.05, 0.1) is 27.9 Å². The number of H-pyrrole nitrogens is 1. The van der Waals surface area contributed by atoms with Gasteiger partial charge in [-0.15, -0.1) is 0 Å². The first-order chi connectivity index (χ1) is 10.3. The maximum absolute atomic E-state index is 12.4. The van der Waals surface area contributed by atoms with Crippen LogP contribution >= 0.6 is 0 Å². The summed E-state index contributed by atoms with van der Waals surface area (Å²) >= 11 is 0. The van der Waals surface area contributed by atoms with E-state index in [9.17, 15) is 4.21 Å². The minimum atomic E-state index is -1.20. The smallest absolute Gasteiger partial charge is 0.197 e. The van der Waals surface area contributed by atoms with Gasteiger partial charge in [0.25, 0.3) is 0 Å². The van der Waals surface area contributed by atoms with Crippen molar-refractivity contribution in [2.75, 3.05) is 0 Å². The van der Waals surface area contributed by atoms with Crippen LogP contribution in [0.4, 0.5) is 0 Å². The molecule has 0 saturated heterocycles. The summed E-state index contributed by atoms with van der Waals surface area (Å²) in [6.45, 7) is 0. The number of fused-ring (bicyclic) bond motifs is 3. The molecule has 3 aromatic rings. The lowest BCUT2D eigenvalue weighted by atomic mass is 10.1. The number of nitrogens with one attached hydrogen (secondary N) is 1. The molecule has 1 aromatic carbocycles. The van der Waals surface area contributed by atoms with E-state index in [0.29, 0.717) is 10.9 Å². The monoisotopic (exact) mass is 295 g/mol. The second-order valence-electron chi connectivity index (χ2n) is 5.01. The zero-order valence-electron chi connectivity index (χ0n) is 11.2. The standard InChI is InChI=1S/C16H13N3OS/c20-21(10-12-6-3-4-8-17-12)16-18-14-9-11-5-1-2-7-13(11)15(14)19-16/h1-8H,9-10H2,(H,18,19). The summed E-state index contributed by atoms with van der Waals surface area (Å²) in [5.41, 5.74) is 5.22. The van der Waals surface area contributed by atoms with Crippen LogP contribution in [0.5, 0.6) is 0 Å². The van der Waals surface area contributed by atoms with Crippen LogP contribution in [0.25, 0.3) is 11.3 Å². The van der Waals surface area contributed by atoms with Gasteiger partial charge < -0.3 is 4.98 Å². The SMILES string of the molecule is O=S(Cc1ccccn1)c1nc2c([nH]1)Cc1ccccc1-2. The average Bonchev–Trinajstić information content (AvgIpc) is 3.06. The molecule has 0 fully saturated rings. The number of hydrogen-bond acceptors (Lipinski definition) is 3. The number of rotatable bonds is 3. The van der Waals surface area contributed by atoms with Gasteiger partial charge in [-0.25, -0.2) is 4.98 Å². The number of aromatic nitrogens is 3. The molecule has 0 aliphatic heterocycles. The first-order valence-corrected chi connectivity index (χ1v) is 8.08. The van der Waals surface area contributed by atoms with E-state index in [2.05, 4.69) is 27.1 Å². The van der Waals surface area contributed by atoms with Crippen LogP contribution in [-0.4, -0.2) is 19.2 Å². The Morgan fingerprint density at radius 3 is 2.86 bits per heavy atom. The van der Waals surface area contributed by atoms with E-state index < -0.39 is 10.8 Å². The summed E-state index contributed by atoms with van der Waals surface area (Å²) in [5.74, 6) is 0.384. The van der Waals surface area contributed by atoms with Crippen molar-refractivity contribution >= 4 is 10.8 Å². The van der Waals surface area contributed by atoms with E-state index in [1.165, 1.54) is 5.56 Å². The van der Waals surface area contributed by atoms with Gasteiger partial charge in [-0.2, -0.15) is 0 Å². The van der Waals surface area contributed by atoms with Crippen LogP contribution in [0.2, 0.25) is 0 Å². The number of imidazole rings is 1. The highest BCUT2D eigenvalue weighted by atomic mass is 32.2. The molecule has 21 heavy (non-hydrogen) atoms. The summed E-state index contributed by atoms with van der Waals surface area (Å²) in [7, 11) is -1.20. The van der Waals surface area contributed by atoms with Gasteiger partial charge >= 0.3 is 0 Å². The molecule has 0 radical (unpaired) electrons. The molecule has 1 atom stereocenters. The van der Waals surface area contributed by atoms with E-state index in [1.54, 1.807) is 6.20 Å². The second-order valence-corrected chi connectivity index (χ2v) is 6.38. The minimum Gasteiger partial charge on any atom is -0.334 e. The lowest BCUT2D eigenvalue weighted by Gasteiger charge is -2.00. The number of benzene rings is 1. The third-order valence-electron chi connectivity index (χ3n) is 3.62. The van der Waals surface area contributed by atoms with Gasteiger partial charge in [-0.1, -0.05) is 30.3 Å². The molecule has 5 heteroatoms. The lowest BCUT2D eigenvalue weighted by molar-refractivity contribution is 0.676. The second kappa shape index (κ2) is 4.93. The molecule has 2 aromatic heterocycles. The van der Waals surface area contributed by atoms with Gasteiger partial charge in [0.15, 0.2) is 5.16 Å². The fourth-order valence-electron chi connectivity index (χ4n) is 2.63. The molecule has 2 heterocycles. The molecule has 0 amide bonds. The topological polar surface area (TPSA) is 58.6 Å². The Morgan fingerprint density at radius 1 is 1.14 bits per heavy atom. The van der Waals surface area contributed by atoms with E-state index >= 15 is 0 Å².